The van der Waals surface area contributed by atoms with Crippen LogP contribution in [0.25, 0.3) is 38.4 Å². The molecular weight excluding hydrogens is 390 g/mol. The summed E-state index contributed by atoms with van der Waals surface area (Å²) in [5, 5.41) is 6.67. The lowest BCUT2D eigenvalue weighted by molar-refractivity contribution is -0.146. The molecule has 0 unspecified atom stereocenters. The summed E-state index contributed by atoms with van der Waals surface area (Å²) >= 11 is 0. The molecule has 0 radical (unpaired) electrons. The van der Waals surface area contributed by atoms with Crippen LogP contribution in [0.1, 0.15) is 19.4 Å². The number of nitrogens with zero attached hydrogens (tertiary/aromatic N) is 1. The van der Waals surface area contributed by atoms with Crippen molar-refractivity contribution in [2.24, 2.45) is 0 Å². The van der Waals surface area contributed by atoms with E-state index in [9.17, 15) is 9.59 Å². The average Bonchev–Trinajstić information content (AvgIpc) is 2.76. The average molecular weight is 415 g/mol. The molecule has 0 heterocycles. The normalized spacial score (nSPS) is 11.1. The van der Waals surface area contributed by atoms with Crippen LogP contribution in [0.2, 0.25) is 0 Å². The Bertz CT molecular complexity index is 1300. The first kappa shape index (κ1) is 20.7. The molecule has 4 aromatic carbocycles. The highest BCUT2D eigenvalue weighted by Gasteiger charge is 2.22. The van der Waals surface area contributed by atoms with E-state index in [1.807, 2.05) is 32.3 Å². The second kappa shape index (κ2) is 8.26. The number of rotatable bonds is 6. The van der Waals surface area contributed by atoms with Crippen molar-refractivity contribution in [3.05, 3.63) is 59.7 Å². The lowest BCUT2D eigenvalue weighted by Crippen LogP contribution is -2.18. The van der Waals surface area contributed by atoms with Gasteiger partial charge in [0.15, 0.2) is 0 Å². The molecule has 0 saturated heterocycles. The molecule has 0 fully saturated rings. The van der Waals surface area contributed by atoms with Gasteiger partial charge < -0.3 is 14.4 Å². The van der Waals surface area contributed by atoms with Crippen LogP contribution in [0.5, 0.6) is 0 Å². The topological polar surface area (TPSA) is 55.8 Å². The number of anilines is 1. The monoisotopic (exact) mass is 415 g/mol. The van der Waals surface area contributed by atoms with E-state index in [0.717, 1.165) is 38.2 Å². The van der Waals surface area contributed by atoms with Crippen molar-refractivity contribution < 1.29 is 19.1 Å². The third-order valence-corrected chi connectivity index (χ3v) is 5.45. The van der Waals surface area contributed by atoms with Crippen LogP contribution >= 0.6 is 0 Å². The quantitative estimate of drug-likeness (QED) is 0.143. The van der Waals surface area contributed by atoms with Crippen LogP contribution in [-0.2, 0) is 19.1 Å². The van der Waals surface area contributed by atoms with E-state index >= 15 is 0 Å². The molecule has 5 heteroatoms. The van der Waals surface area contributed by atoms with Crippen LogP contribution in [0.15, 0.2) is 54.1 Å². The first-order valence-electron chi connectivity index (χ1n) is 10.4. The van der Waals surface area contributed by atoms with Crippen LogP contribution in [0, 0.1) is 0 Å². The molecule has 0 aliphatic carbocycles. The van der Waals surface area contributed by atoms with Gasteiger partial charge in [-0.15, -0.1) is 0 Å². The lowest BCUT2D eigenvalue weighted by Gasteiger charge is -2.19. The smallest absolute Gasteiger partial charge is 0.345 e. The Morgan fingerprint density at radius 3 is 1.87 bits per heavy atom. The largest absolute Gasteiger partial charge is 0.462 e. The van der Waals surface area contributed by atoms with E-state index in [1.54, 1.807) is 19.9 Å². The number of hydrogen-bond acceptors (Lipinski definition) is 5. The van der Waals surface area contributed by atoms with Gasteiger partial charge in [0, 0.05) is 25.2 Å². The first-order valence-corrected chi connectivity index (χ1v) is 10.4. The Labute approximate surface area is 181 Å². The fourth-order valence-electron chi connectivity index (χ4n) is 4.10. The second-order valence-electron chi connectivity index (χ2n) is 7.56. The summed E-state index contributed by atoms with van der Waals surface area (Å²) in [6.45, 7) is 3.78. The van der Waals surface area contributed by atoms with Gasteiger partial charge in [-0.25, -0.2) is 9.59 Å². The molecule has 31 heavy (non-hydrogen) atoms. The number of ether oxygens (including phenoxy) is 2. The molecule has 0 aliphatic rings. The summed E-state index contributed by atoms with van der Waals surface area (Å²) in [7, 11) is 4.07. The van der Waals surface area contributed by atoms with Crippen molar-refractivity contribution in [1.29, 1.82) is 0 Å². The van der Waals surface area contributed by atoms with Crippen LogP contribution in [-0.4, -0.2) is 39.2 Å². The van der Waals surface area contributed by atoms with Gasteiger partial charge in [0.05, 0.1) is 13.2 Å². The van der Waals surface area contributed by atoms with Gasteiger partial charge in [-0.05, 0) is 58.5 Å². The summed E-state index contributed by atoms with van der Waals surface area (Å²) < 4.78 is 10.2. The minimum atomic E-state index is -0.679. The molecule has 5 nitrogen and oxygen atoms in total. The number of hydrogen-bond donors (Lipinski definition) is 0. The summed E-state index contributed by atoms with van der Waals surface area (Å²) in [5.74, 6) is -1.36. The van der Waals surface area contributed by atoms with Gasteiger partial charge >= 0.3 is 11.9 Å². The molecule has 0 aromatic heterocycles. The molecule has 0 spiro atoms. The summed E-state index contributed by atoms with van der Waals surface area (Å²) in [4.78, 5) is 27.0. The summed E-state index contributed by atoms with van der Waals surface area (Å²) in [6.07, 6.45) is 1.58. The van der Waals surface area contributed by atoms with Gasteiger partial charge in [-0.1, -0.05) is 42.5 Å². The zero-order valence-corrected chi connectivity index (χ0v) is 18.2. The molecule has 0 aliphatic heterocycles. The number of carbonyl (C=O) groups excluding carboxylic acids is 2. The number of benzene rings is 4. The van der Waals surface area contributed by atoms with Crippen molar-refractivity contribution in [2.45, 2.75) is 13.8 Å². The molecule has 0 N–H and O–H groups in total. The van der Waals surface area contributed by atoms with Gasteiger partial charge in [0.2, 0.25) is 0 Å². The fraction of sp³-hybridized carbons (Fsp3) is 0.231. The van der Waals surface area contributed by atoms with Gasteiger partial charge in [-0.3, -0.25) is 0 Å². The molecular formula is C26H25NO4. The minimum absolute atomic E-state index is 0.104. The SMILES string of the molecule is CCOC(=O)C(=Cc1ccc2ccc3c(N(C)C)ccc4ccc1c2c43)C(=O)OCC. The van der Waals surface area contributed by atoms with Gasteiger partial charge in [0.1, 0.15) is 5.57 Å². The molecule has 0 atom stereocenters. The Hall–Kier alpha value is -3.60. The first-order chi connectivity index (χ1) is 15.0. The van der Waals surface area contributed by atoms with Crippen LogP contribution < -0.4 is 4.90 Å². The zero-order chi connectivity index (χ0) is 22.1. The maximum atomic E-state index is 12.5. The van der Waals surface area contributed by atoms with Gasteiger partial charge in [-0.2, -0.15) is 0 Å². The van der Waals surface area contributed by atoms with E-state index in [4.69, 9.17) is 9.47 Å². The third kappa shape index (κ3) is 3.56. The minimum Gasteiger partial charge on any atom is -0.462 e. The molecule has 0 amide bonds. The van der Waals surface area contributed by atoms with E-state index in [2.05, 4.69) is 35.2 Å². The molecule has 4 rings (SSSR count). The predicted octanol–water partition coefficient (Wildman–Crippen LogP) is 5.16. The van der Waals surface area contributed by atoms with E-state index in [0.29, 0.717) is 0 Å². The maximum Gasteiger partial charge on any atom is 0.345 e. The standard InChI is InChI=1S/C26H25NO4/c1-5-30-25(28)21(26(29)31-6-2)15-18-8-7-16-10-13-20-22(27(3)4)14-11-17-9-12-19(18)23(16)24(17)20/h7-15H,5-6H2,1-4H3. The predicted molar refractivity (Wildman–Crippen MR) is 126 cm³/mol. The molecule has 4 aromatic rings. The van der Waals surface area contributed by atoms with E-state index < -0.39 is 11.9 Å². The number of carbonyl (C=O) groups is 2. The summed E-state index contributed by atoms with van der Waals surface area (Å²) in [5.41, 5.74) is 1.81. The Morgan fingerprint density at radius 2 is 1.29 bits per heavy atom. The Morgan fingerprint density at radius 1 is 0.774 bits per heavy atom. The zero-order valence-electron chi connectivity index (χ0n) is 18.2. The van der Waals surface area contributed by atoms with Crippen molar-refractivity contribution >= 4 is 56.0 Å². The van der Waals surface area contributed by atoms with Crippen LogP contribution in [0.4, 0.5) is 5.69 Å². The lowest BCUT2D eigenvalue weighted by atomic mass is 9.90. The highest BCUT2D eigenvalue weighted by molar-refractivity contribution is 6.27. The van der Waals surface area contributed by atoms with Crippen molar-refractivity contribution in [3.63, 3.8) is 0 Å². The highest BCUT2D eigenvalue weighted by atomic mass is 16.6. The van der Waals surface area contributed by atoms with Crippen LogP contribution in [0.3, 0.4) is 0 Å². The van der Waals surface area contributed by atoms with E-state index in [-0.39, 0.29) is 18.8 Å². The maximum absolute atomic E-state index is 12.5. The second-order valence-corrected chi connectivity index (χ2v) is 7.56. The van der Waals surface area contributed by atoms with Crippen molar-refractivity contribution in [2.75, 3.05) is 32.2 Å². The summed E-state index contributed by atoms with van der Waals surface area (Å²) in [6, 6.07) is 16.6. The molecule has 0 saturated carbocycles. The molecule has 0 bridgehead atoms. The third-order valence-electron chi connectivity index (χ3n) is 5.45. The Balaban J connectivity index is 2.01. The highest BCUT2D eigenvalue weighted by Crippen LogP contribution is 2.40. The fourth-order valence-corrected chi connectivity index (χ4v) is 4.10. The Kier molecular flexibility index (Phi) is 5.51. The van der Waals surface area contributed by atoms with Gasteiger partial charge in [0.25, 0.3) is 0 Å². The molecule has 158 valence electrons. The van der Waals surface area contributed by atoms with Crippen molar-refractivity contribution in [3.8, 4) is 0 Å². The van der Waals surface area contributed by atoms with E-state index in [1.165, 1.54) is 5.39 Å². The van der Waals surface area contributed by atoms with Crippen molar-refractivity contribution in [1.82, 2.24) is 0 Å². The number of esters is 2.